The molecule has 1 N–H and O–H groups in total. The lowest BCUT2D eigenvalue weighted by molar-refractivity contribution is -0.113. The summed E-state index contributed by atoms with van der Waals surface area (Å²) in [6.45, 7) is 3.72. The van der Waals surface area contributed by atoms with E-state index >= 15 is 0 Å². The summed E-state index contributed by atoms with van der Waals surface area (Å²) in [6, 6.07) is 6.08. The largest absolute Gasteiger partial charge is 0.478 e. The monoisotopic (exact) mass is 215 g/mol. The normalized spacial score (nSPS) is 14.6. The van der Waals surface area contributed by atoms with Gasteiger partial charge in [-0.25, -0.2) is 4.79 Å². The van der Waals surface area contributed by atoms with Crippen molar-refractivity contribution in [2.24, 2.45) is 0 Å². The van der Waals surface area contributed by atoms with Crippen molar-refractivity contribution in [2.75, 3.05) is 4.90 Å². The first-order valence-electron chi connectivity index (χ1n) is 4.64. The average molecular weight is 215 g/mol. The Kier molecular flexibility index (Phi) is 2.32. The van der Waals surface area contributed by atoms with Gasteiger partial charge in [0.2, 0.25) is 0 Å². The van der Waals surface area contributed by atoms with E-state index in [9.17, 15) is 9.59 Å². The van der Waals surface area contributed by atoms with Gasteiger partial charge in [0.25, 0.3) is 5.91 Å². The highest BCUT2D eigenvalue weighted by atomic mass is 16.4. The fourth-order valence-corrected chi connectivity index (χ4v) is 1.50. The number of carbonyl (C=O) groups is 2. The Balaban J connectivity index is 2.32. The van der Waals surface area contributed by atoms with Crippen LogP contribution in [0.5, 0.6) is 0 Å². The highest BCUT2D eigenvalue weighted by molar-refractivity contribution is 6.08. The summed E-state index contributed by atoms with van der Waals surface area (Å²) in [5.74, 6) is -1.16. The van der Waals surface area contributed by atoms with Crippen molar-refractivity contribution in [1.82, 2.24) is 0 Å². The third-order valence-corrected chi connectivity index (χ3v) is 2.30. The molecule has 1 amide bonds. The van der Waals surface area contributed by atoms with Crippen LogP contribution in [0.25, 0.3) is 0 Å². The van der Waals surface area contributed by atoms with Crippen molar-refractivity contribution in [3.05, 3.63) is 54.3 Å². The van der Waals surface area contributed by atoms with E-state index in [1.54, 1.807) is 18.2 Å². The zero-order valence-electron chi connectivity index (χ0n) is 8.38. The molecule has 1 aliphatic heterocycles. The number of rotatable bonds is 2. The maximum absolute atomic E-state index is 11.5. The molecule has 0 saturated carbocycles. The molecule has 0 aromatic heterocycles. The predicted octanol–water partition coefficient (Wildman–Crippen LogP) is 1.80. The number of aromatic carboxylic acids is 1. The van der Waals surface area contributed by atoms with Crippen LogP contribution in [0.3, 0.4) is 0 Å². The van der Waals surface area contributed by atoms with Gasteiger partial charge in [0.1, 0.15) is 0 Å². The second kappa shape index (κ2) is 3.66. The molecule has 0 unspecified atom stereocenters. The summed E-state index contributed by atoms with van der Waals surface area (Å²) in [6.07, 6.45) is 3.04. The highest BCUT2D eigenvalue weighted by Gasteiger charge is 2.20. The summed E-state index contributed by atoms with van der Waals surface area (Å²) in [4.78, 5) is 23.5. The topological polar surface area (TPSA) is 57.6 Å². The minimum atomic E-state index is -0.990. The first kappa shape index (κ1) is 10.2. The van der Waals surface area contributed by atoms with E-state index in [1.165, 1.54) is 23.1 Å². The maximum Gasteiger partial charge on any atom is 0.335 e. The molecule has 0 radical (unpaired) electrons. The molecule has 1 aliphatic rings. The molecule has 0 spiro atoms. The van der Waals surface area contributed by atoms with Gasteiger partial charge in [-0.2, -0.15) is 0 Å². The third kappa shape index (κ3) is 1.61. The van der Waals surface area contributed by atoms with Crippen molar-refractivity contribution >= 4 is 17.6 Å². The number of allylic oxidation sites excluding steroid dienone is 1. The Labute approximate surface area is 92.1 Å². The Morgan fingerprint density at radius 1 is 1.19 bits per heavy atom. The quantitative estimate of drug-likeness (QED) is 0.818. The van der Waals surface area contributed by atoms with Gasteiger partial charge in [-0.05, 0) is 30.3 Å². The first-order valence-corrected chi connectivity index (χ1v) is 4.64. The van der Waals surface area contributed by atoms with Crippen LogP contribution in [0.15, 0.2) is 48.7 Å². The van der Waals surface area contributed by atoms with Gasteiger partial charge in [-0.15, -0.1) is 0 Å². The predicted molar refractivity (Wildman–Crippen MR) is 59.2 cm³/mol. The number of anilines is 1. The van der Waals surface area contributed by atoms with E-state index in [0.29, 0.717) is 11.4 Å². The van der Waals surface area contributed by atoms with Crippen molar-refractivity contribution in [2.45, 2.75) is 0 Å². The van der Waals surface area contributed by atoms with E-state index in [-0.39, 0.29) is 11.5 Å². The molecule has 0 fully saturated rings. The maximum atomic E-state index is 11.5. The van der Waals surface area contributed by atoms with Crippen molar-refractivity contribution in [3.8, 4) is 0 Å². The van der Waals surface area contributed by atoms with E-state index < -0.39 is 5.97 Å². The van der Waals surface area contributed by atoms with Gasteiger partial charge < -0.3 is 5.11 Å². The molecule has 0 bridgehead atoms. The molecule has 0 aliphatic carbocycles. The fourth-order valence-electron chi connectivity index (χ4n) is 1.50. The molecular formula is C12H9NO3. The van der Waals surface area contributed by atoms with Crippen LogP contribution in [0.1, 0.15) is 10.4 Å². The van der Waals surface area contributed by atoms with Crippen LogP contribution < -0.4 is 4.90 Å². The minimum Gasteiger partial charge on any atom is -0.478 e. The Hall–Kier alpha value is -2.36. The molecule has 4 heteroatoms. The highest BCUT2D eigenvalue weighted by Crippen LogP contribution is 2.23. The number of hydrogen-bond acceptors (Lipinski definition) is 2. The van der Waals surface area contributed by atoms with E-state index in [2.05, 4.69) is 6.58 Å². The van der Waals surface area contributed by atoms with Crippen molar-refractivity contribution in [1.29, 1.82) is 0 Å². The summed E-state index contributed by atoms with van der Waals surface area (Å²) in [5.41, 5.74) is 1.38. The second-order valence-electron chi connectivity index (χ2n) is 3.35. The molecule has 16 heavy (non-hydrogen) atoms. The van der Waals surface area contributed by atoms with Gasteiger partial charge >= 0.3 is 5.97 Å². The second-order valence-corrected chi connectivity index (χ2v) is 3.35. The lowest BCUT2D eigenvalue weighted by atomic mass is 10.2. The van der Waals surface area contributed by atoms with Gasteiger partial charge in [-0.3, -0.25) is 9.69 Å². The minimum absolute atomic E-state index is 0.173. The lowest BCUT2D eigenvalue weighted by Gasteiger charge is -2.17. The van der Waals surface area contributed by atoms with Crippen LogP contribution in [-0.4, -0.2) is 17.0 Å². The molecule has 0 atom stereocenters. The first-order chi connectivity index (χ1) is 7.59. The van der Waals surface area contributed by atoms with Crippen molar-refractivity contribution in [3.63, 3.8) is 0 Å². The molecule has 4 nitrogen and oxygen atoms in total. The van der Waals surface area contributed by atoms with E-state index in [1.807, 2.05) is 0 Å². The molecule has 2 rings (SSSR count). The van der Waals surface area contributed by atoms with Crippen LogP contribution in [0.2, 0.25) is 0 Å². The molecule has 1 heterocycles. The van der Waals surface area contributed by atoms with Gasteiger partial charge in [-0.1, -0.05) is 6.58 Å². The van der Waals surface area contributed by atoms with E-state index in [0.717, 1.165) is 0 Å². The van der Waals surface area contributed by atoms with Gasteiger partial charge in [0.05, 0.1) is 5.56 Å². The Morgan fingerprint density at radius 2 is 1.81 bits per heavy atom. The van der Waals surface area contributed by atoms with Crippen LogP contribution in [-0.2, 0) is 4.79 Å². The number of amides is 1. The molecule has 1 aromatic carbocycles. The number of nitrogens with zero attached hydrogens (tertiary/aromatic N) is 1. The Morgan fingerprint density at radius 3 is 2.25 bits per heavy atom. The van der Waals surface area contributed by atoms with Crippen LogP contribution >= 0.6 is 0 Å². The third-order valence-electron chi connectivity index (χ3n) is 2.30. The number of carboxylic acid groups (broad SMARTS) is 1. The number of carbonyl (C=O) groups excluding carboxylic acids is 1. The lowest BCUT2D eigenvalue weighted by Crippen LogP contribution is -2.22. The molecule has 0 saturated heterocycles. The van der Waals surface area contributed by atoms with Crippen molar-refractivity contribution < 1.29 is 14.7 Å². The summed E-state index contributed by atoms with van der Waals surface area (Å²) in [7, 11) is 0. The molecule has 1 aromatic rings. The smallest absolute Gasteiger partial charge is 0.335 e. The summed E-state index contributed by atoms with van der Waals surface area (Å²) < 4.78 is 0. The Bertz CT molecular complexity index is 482. The summed E-state index contributed by atoms with van der Waals surface area (Å²) >= 11 is 0. The van der Waals surface area contributed by atoms with Gasteiger partial charge in [0, 0.05) is 17.5 Å². The number of hydrogen-bond donors (Lipinski definition) is 1. The molecule has 80 valence electrons. The van der Waals surface area contributed by atoms with Crippen LogP contribution in [0.4, 0.5) is 5.69 Å². The van der Waals surface area contributed by atoms with Gasteiger partial charge in [0.15, 0.2) is 0 Å². The molecular weight excluding hydrogens is 206 g/mol. The van der Waals surface area contributed by atoms with Crippen LogP contribution in [0, 0.1) is 0 Å². The average Bonchev–Trinajstić information content (AvgIpc) is 2.59. The summed E-state index contributed by atoms with van der Waals surface area (Å²) in [5, 5.41) is 8.73. The SMILES string of the molecule is C=C1C=CC(=O)N1c1ccc(C(=O)O)cc1. The zero-order chi connectivity index (χ0) is 11.7. The zero-order valence-corrected chi connectivity index (χ0v) is 8.38. The number of carboxylic acids is 1. The standard InChI is InChI=1S/C12H9NO3/c1-8-2-7-11(14)13(8)10-5-3-9(4-6-10)12(15)16/h2-7H,1H2,(H,15,16). The van der Waals surface area contributed by atoms with E-state index in [4.69, 9.17) is 5.11 Å². The number of benzene rings is 1. The fraction of sp³-hybridized carbons (Fsp3) is 0.